The van der Waals surface area contributed by atoms with Crippen molar-refractivity contribution in [3.8, 4) is 28.9 Å². The van der Waals surface area contributed by atoms with Gasteiger partial charge in [-0.1, -0.05) is 56.3 Å². The number of alkyl halides is 3. The molecular formula is C27H23F3N4O2. The van der Waals surface area contributed by atoms with Crippen LogP contribution >= 0.6 is 0 Å². The molecule has 0 fully saturated rings. The lowest BCUT2D eigenvalue weighted by molar-refractivity contribution is -0.190. The first-order valence-electron chi connectivity index (χ1n) is 11.4. The summed E-state index contributed by atoms with van der Waals surface area (Å²) in [4.78, 5) is 18.1. The minimum absolute atomic E-state index is 0.227. The number of hydrogen-bond acceptors (Lipinski definition) is 5. The molecule has 0 aliphatic carbocycles. The number of carbonyl (C=O) groups is 1. The van der Waals surface area contributed by atoms with Gasteiger partial charge in [-0.15, -0.1) is 0 Å². The van der Waals surface area contributed by atoms with Crippen LogP contribution in [0.25, 0.3) is 27.8 Å². The Hall–Kier alpha value is -4.16. The molecule has 0 spiro atoms. The molecular weight excluding hydrogens is 469 g/mol. The SMILES string of the molecule is CCN(CC)Cc1ccc(-c2cc(C#N)cc3nc(OC(=O)C(F)(F)F)n(-c4ccccc4)c23)cc1. The van der Waals surface area contributed by atoms with Gasteiger partial charge in [-0.05, 0) is 48.5 Å². The van der Waals surface area contributed by atoms with Crippen LogP contribution in [-0.2, 0) is 11.3 Å². The minimum atomic E-state index is -5.19. The minimum Gasteiger partial charge on any atom is -0.385 e. The number of esters is 1. The largest absolute Gasteiger partial charge is 0.491 e. The maximum Gasteiger partial charge on any atom is 0.491 e. The first-order chi connectivity index (χ1) is 17.2. The van der Waals surface area contributed by atoms with Crippen molar-refractivity contribution in [3.05, 3.63) is 77.9 Å². The van der Waals surface area contributed by atoms with Crippen molar-refractivity contribution in [2.75, 3.05) is 13.1 Å². The average molecular weight is 493 g/mol. The van der Waals surface area contributed by atoms with Gasteiger partial charge in [-0.3, -0.25) is 9.47 Å². The number of carbonyl (C=O) groups excluding carboxylic acids is 1. The number of imidazole rings is 1. The lowest BCUT2D eigenvalue weighted by atomic mass is 9.99. The number of benzene rings is 3. The summed E-state index contributed by atoms with van der Waals surface area (Å²) in [6, 6.07) is 20.9. The molecule has 0 unspecified atom stereocenters. The van der Waals surface area contributed by atoms with Crippen LogP contribution in [0, 0.1) is 11.3 Å². The zero-order valence-corrected chi connectivity index (χ0v) is 19.7. The highest BCUT2D eigenvalue weighted by Crippen LogP contribution is 2.36. The second-order valence-corrected chi connectivity index (χ2v) is 8.11. The van der Waals surface area contributed by atoms with Gasteiger partial charge >= 0.3 is 18.2 Å². The molecule has 0 radical (unpaired) electrons. The Labute approximate surface area is 206 Å². The molecule has 9 heteroatoms. The monoisotopic (exact) mass is 492 g/mol. The first kappa shape index (κ1) is 24.9. The van der Waals surface area contributed by atoms with Gasteiger partial charge in [-0.25, -0.2) is 4.79 Å². The fourth-order valence-corrected chi connectivity index (χ4v) is 3.99. The third-order valence-corrected chi connectivity index (χ3v) is 5.85. The smallest absolute Gasteiger partial charge is 0.385 e. The van der Waals surface area contributed by atoms with Gasteiger partial charge in [0.05, 0.1) is 28.4 Å². The number of para-hydroxylation sites is 1. The van der Waals surface area contributed by atoms with E-state index in [0.29, 0.717) is 16.8 Å². The summed E-state index contributed by atoms with van der Waals surface area (Å²) in [5, 5.41) is 9.59. The third kappa shape index (κ3) is 5.09. The van der Waals surface area contributed by atoms with Crippen LogP contribution in [-0.4, -0.2) is 39.7 Å². The standard InChI is InChI=1S/C27H23F3N4O2/c1-3-33(4-2)17-18-10-12-20(13-11-18)22-14-19(16-31)15-23-24(22)34(21-8-6-5-7-9-21)26(32-23)36-25(35)27(28,29)30/h5-15H,3-4,17H2,1-2H3. The average Bonchev–Trinajstić information content (AvgIpc) is 3.24. The summed E-state index contributed by atoms with van der Waals surface area (Å²) >= 11 is 0. The molecule has 3 aromatic carbocycles. The Morgan fingerprint density at radius 1 is 1.06 bits per heavy atom. The molecule has 0 aliphatic heterocycles. The Morgan fingerprint density at radius 2 is 1.72 bits per heavy atom. The second kappa shape index (κ2) is 10.2. The summed E-state index contributed by atoms with van der Waals surface area (Å²) in [5.74, 6) is -2.38. The van der Waals surface area contributed by atoms with Crippen LogP contribution in [0.1, 0.15) is 25.0 Å². The Bertz CT molecular complexity index is 1420. The van der Waals surface area contributed by atoms with E-state index in [1.165, 1.54) is 10.6 Å². The lowest BCUT2D eigenvalue weighted by Gasteiger charge is -2.18. The van der Waals surface area contributed by atoms with Crippen molar-refractivity contribution < 1.29 is 22.7 Å². The maximum atomic E-state index is 13.0. The molecule has 36 heavy (non-hydrogen) atoms. The van der Waals surface area contributed by atoms with E-state index in [1.54, 1.807) is 36.4 Å². The molecule has 4 aromatic rings. The Balaban J connectivity index is 1.92. The lowest BCUT2D eigenvalue weighted by Crippen LogP contribution is -2.29. The molecule has 0 saturated heterocycles. The number of nitrogens with zero attached hydrogens (tertiary/aromatic N) is 4. The van der Waals surface area contributed by atoms with E-state index in [9.17, 15) is 23.2 Å². The molecule has 0 atom stereocenters. The van der Waals surface area contributed by atoms with Gasteiger partial charge in [0.2, 0.25) is 0 Å². The van der Waals surface area contributed by atoms with Gasteiger partial charge < -0.3 is 4.74 Å². The highest BCUT2D eigenvalue weighted by Gasteiger charge is 2.42. The number of ether oxygens (including phenoxy) is 1. The van der Waals surface area contributed by atoms with E-state index in [4.69, 9.17) is 4.74 Å². The van der Waals surface area contributed by atoms with Crippen LogP contribution < -0.4 is 4.74 Å². The van der Waals surface area contributed by atoms with Crippen LogP contribution in [0.5, 0.6) is 6.01 Å². The van der Waals surface area contributed by atoms with Crippen LogP contribution in [0.15, 0.2) is 66.7 Å². The van der Waals surface area contributed by atoms with Gasteiger partial charge in [-0.2, -0.15) is 23.4 Å². The number of rotatable bonds is 7. The van der Waals surface area contributed by atoms with Crippen molar-refractivity contribution in [2.45, 2.75) is 26.6 Å². The highest BCUT2D eigenvalue weighted by molar-refractivity contribution is 5.96. The Kier molecular flexibility index (Phi) is 7.08. The summed E-state index contributed by atoms with van der Waals surface area (Å²) in [6.07, 6.45) is -5.19. The normalized spacial score (nSPS) is 11.6. The number of halogens is 3. The van der Waals surface area contributed by atoms with E-state index in [2.05, 4.69) is 29.8 Å². The topological polar surface area (TPSA) is 71.2 Å². The Morgan fingerprint density at radius 3 is 2.31 bits per heavy atom. The molecule has 184 valence electrons. The first-order valence-corrected chi connectivity index (χ1v) is 11.4. The zero-order valence-electron chi connectivity index (χ0n) is 19.7. The van der Waals surface area contributed by atoms with E-state index in [0.717, 1.165) is 30.8 Å². The van der Waals surface area contributed by atoms with Gasteiger partial charge in [0.1, 0.15) is 0 Å². The van der Waals surface area contributed by atoms with Crippen LogP contribution in [0.2, 0.25) is 0 Å². The van der Waals surface area contributed by atoms with E-state index >= 15 is 0 Å². The molecule has 1 aromatic heterocycles. The molecule has 0 bridgehead atoms. The fraction of sp³-hybridized carbons (Fsp3) is 0.222. The molecule has 0 N–H and O–H groups in total. The molecule has 4 rings (SSSR count). The fourth-order valence-electron chi connectivity index (χ4n) is 3.99. The highest BCUT2D eigenvalue weighted by atomic mass is 19.4. The second-order valence-electron chi connectivity index (χ2n) is 8.11. The predicted octanol–water partition coefficient (Wildman–Crippen LogP) is 5.87. The van der Waals surface area contributed by atoms with E-state index in [1.807, 2.05) is 24.3 Å². The maximum absolute atomic E-state index is 13.0. The van der Waals surface area contributed by atoms with Gasteiger partial charge in [0.15, 0.2) is 0 Å². The predicted molar refractivity (Wildman–Crippen MR) is 130 cm³/mol. The van der Waals surface area contributed by atoms with E-state index < -0.39 is 18.2 Å². The molecule has 6 nitrogen and oxygen atoms in total. The number of nitriles is 1. The summed E-state index contributed by atoms with van der Waals surface area (Å²) < 4.78 is 45.1. The zero-order chi connectivity index (χ0) is 25.9. The van der Waals surface area contributed by atoms with Gasteiger partial charge in [0, 0.05) is 12.1 Å². The number of fused-ring (bicyclic) bond motifs is 1. The van der Waals surface area contributed by atoms with Gasteiger partial charge in [0.25, 0.3) is 0 Å². The van der Waals surface area contributed by atoms with Crippen molar-refractivity contribution in [1.82, 2.24) is 14.5 Å². The summed E-state index contributed by atoms with van der Waals surface area (Å²) in [5.41, 5.74) is 3.79. The van der Waals surface area contributed by atoms with Crippen LogP contribution in [0.3, 0.4) is 0 Å². The number of hydrogen-bond donors (Lipinski definition) is 0. The van der Waals surface area contributed by atoms with Crippen molar-refractivity contribution in [1.29, 1.82) is 5.26 Å². The van der Waals surface area contributed by atoms with Crippen LogP contribution in [0.4, 0.5) is 13.2 Å². The van der Waals surface area contributed by atoms with Crippen molar-refractivity contribution in [2.24, 2.45) is 0 Å². The third-order valence-electron chi connectivity index (χ3n) is 5.85. The number of aromatic nitrogens is 2. The summed E-state index contributed by atoms with van der Waals surface area (Å²) in [7, 11) is 0. The molecule has 0 amide bonds. The van der Waals surface area contributed by atoms with Crippen molar-refractivity contribution >= 4 is 17.0 Å². The molecule has 0 aliphatic rings. The summed E-state index contributed by atoms with van der Waals surface area (Å²) in [6.45, 7) is 6.80. The quantitative estimate of drug-likeness (QED) is 0.302. The molecule has 1 heterocycles. The molecule has 0 saturated carbocycles. The van der Waals surface area contributed by atoms with Crippen molar-refractivity contribution in [3.63, 3.8) is 0 Å². The van der Waals surface area contributed by atoms with E-state index in [-0.39, 0.29) is 11.1 Å².